The van der Waals surface area contributed by atoms with Gasteiger partial charge in [-0.05, 0) is 38.0 Å². The number of hydrogen-bond acceptors (Lipinski definition) is 6. The Morgan fingerprint density at radius 3 is 3.12 bits per heavy atom. The molecule has 25 heavy (non-hydrogen) atoms. The SMILES string of the molecule is CCOC(=O)C1=C(NC2CC2)O/C(=C\c2c[nH]c3ncccc23)C1=O. The number of ether oxygens (including phenoxy) is 2. The summed E-state index contributed by atoms with van der Waals surface area (Å²) in [5, 5.41) is 3.96. The van der Waals surface area contributed by atoms with Crippen molar-refractivity contribution in [2.24, 2.45) is 0 Å². The zero-order valence-electron chi connectivity index (χ0n) is 13.7. The fourth-order valence-corrected chi connectivity index (χ4v) is 2.67. The molecule has 2 aromatic heterocycles. The highest BCUT2D eigenvalue weighted by Gasteiger charge is 2.39. The Balaban J connectivity index is 1.68. The molecule has 0 atom stereocenters. The minimum Gasteiger partial charge on any atom is -0.462 e. The van der Waals surface area contributed by atoms with Gasteiger partial charge in [0.1, 0.15) is 5.65 Å². The van der Waals surface area contributed by atoms with Gasteiger partial charge < -0.3 is 19.8 Å². The normalized spacial score (nSPS) is 18.8. The number of allylic oxidation sites excluding steroid dienone is 1. The lowest BCUT2D eigenvalue weighted by atomic mass is 10.1. The molecule has 1 fully saturated rings. The topological polar surface area (TPSA) is 93.3 Å². The molecule has 0 saturated heterocycles. The first-order valence-electron chi connectivity index (χ1n) is 8.21. The van der Waals surface area contributed by atoms with Gasteiger partial charge in [-0.2, -0.15) is 0 Å². The van der Waals surface area contributed by atoms with Crippen molar-refractivity contribution in [2.45, 2.75) is 25.8 Å². The van der Waals surface area contributed by atoms with Crippen LogP contribution >= 0.6 is 0 Å². The summed E-state index contributed by atoms with van der Waals surface area (Å²) in [6.45, 7) is 1.89. The van der Waals surface area contributed by atoms with Gasteiger partial charge in [-0.3, -0.25) is 4.79 Å². The number of esters is 1. The summed E-state index contributed by atoms with van der Waals surface area (Å²) in [6.07, 6.45) is 7.03. The number of nitrogens with one attached hydrogen (secondary N) is 2. The van der Waals surface area contributed by atoms with Crippen LogP contribution in [0.25, 0.3) is 17.1 Å². The molecule has 0 spiro atoms. The van der Waals surface area contributed by atoms with Crippen molar-refractivity contribution >= 4 is 28.9 Å². The number of carbonyl (C=O) groups is 2. The lowest BCUT2D eigenvalue weighted by molar-refractivity contribution is -0.139. The van der Waals surface area contributed by atoms with Gasteiger partial charge in [0.25, 0.3) is 0 Å². The van der Waals surface area contributed by atoms with Crippen molar-refractivity contribution in [3.8, 4) is 0 Å². The monoisotopic (exact) mass is 339 g/mol. The number of aromatic amines is 1. The maximum atomic E-state index is 12.7. The molecule has 4 rings (SSSR count). The first-order valence-corrected chi connectivity index (χ1v) is 8.21. The molecule has 7 heteroatoms. The highest BCUT2D eigenvalue weighted by Crippen LogP contribution is 2.30. The molecule has 2 N–H and O–H groups in total. The van der Waals surface area contributed by atoms with E-state index in [1.165, 1.54) is 0 Å². The number of aromatic nitrogens is 2. The van der Waals surface area contributed by atoms with Crippen molar-refractivity contribution in [1.29, 1.82) is 0 Å². The van der Waals surface area contributed by atoms with Gasteiger partial charge in [-0.1, -0.05) is 0 Å². The predicted molar refractivity (Wildman–Crippen MR) is 90.0 cm³/mol. The zero-order chi connectivity index (χ0) is 17.4. The lowest BCUT2D eigenvalue weighted by Crippen LogP contribution is -2.21. The molecule has 128 valence electrons. The van der Waals surface area contributed by atoms with Crippen LogP contribution < -0.4 is 5.32 Å². The van der Waals surface area contributed by atoms with Gasteiger partial charge in [0.15, 0.2) is 11.3 Å². The maximum absolute atomic E-state index is 12.7. The molecule has 2 aromatic rings. The summed E-state index contributed by atoms with van der Waals surface area (Å²) in [5.41, 5.74) is 1.41. The van der Waals surface area contributed by atoms with E-state index in [0.29, 0.717) is 0 Å². The molecule has 1 aliphatic heterocycles. The Hall–Kier alpha value is -3.09. The maximum Gasteiger partial charge on any atom is 0.347 e. The van der Waals surface area contributed by atoms with Gasteiger partial charge in [-0.25, -0.2) is 9.78 Å². The van der Waals surface area contributed by atoms with Crippen LogP contribution in [-0.4, -0.2) is 34.4 Å². The second-order valence-corrected chi connectivity index (χ2v) is 5.93. The van der Waals surface area contributed by atoms with Crippen LogP contribution in [0.5, 0.6) is 0 Å². The van der Waals surface area contributed by atoms with E-state index in [-0.39, 0.29) is 29.9 Å². The second-order valence-electron chi connectivity index (χ2n) is 5.93. The number of pyridine rings is 1. The minimum absolute atomic E-state index is 0.0713. The third-order valence-corrected chi connectivity index (χ3v) is 4.05. The van der Waals surface area contributed by atoms with E-state index >= 15 is 0 Å². The Labute approximate surface area is 143 Å². The largest absolute Gasteiger partial charge is 0.462 e. The number of fused-ring (bicyclic) bond motifs is 1. The zero-order valence-corrected chi connectivity index (χ0v) is 13.7. The van der Waals surface area contributed by atoms with Crippen molar-refractivity contribution < 1.29 is 19.1 Å². The lowest BCUT2D eigenvalue weighted by Gasteiger charge is -2.06. The van der Waals surface area contributed by atoms with Gasteiger partial charge in [0.2, 0.25) is 11.7 Å². The summed E-state index contributed by atoms with van der Waals surface area (Å²) in [4.78, 5) is 32.1. The van der Waals surface area contributed by atoms with Crippen molar-refractivity contribution in [3.63, 3.8) is 0 Å². The van der Waals surface area contributed by atoms with Crippen LogP contribution in [0.15, 0.2) is 41.7 Å². The van der Waals surface area contributed by atoms with Crippen molar-refractivity contribution in [1.82, 2.24) is 15.3 Å². The van der Waals surface area contributed by atoms with Crippen LogP contribution in [0.4, 0.5) is 0 Å². The Bertz CT molecular complexity index is 921. The number of nitrogens with zero attached hydrogens (tertiary/aromatic N) is 1. The average Bonchev–Trinajstić information content (AvgIpc) is 3.24. The first kappa shape index (κ1) is 15.4. The number of rotatable bonds is 5. The predicted octanol–water partition coefficient (Wildman–Crippen LogP) is 2.03. The molecule has 0 unspecified atom stereocenters. The molecule has 7 nitrogen and oxygen atoms in total. The number of ketones is 1. The van der Waals surface area contributed by atoms with E-state index in [1.54, 1.807) is 25.4 Å². The van der Waals surface area contributed by atoms with Gasteiger partial charge in [0.05, 0.1) is 6.61 Å². The van der Waals surface area contributed by atoms with E-state index in [4.69, 9.17) is 9.47 Å². The smallest absolute Gasteiger partial charge is 0.347 e. The molecule has 3 heterocycles. The Morgan fingerprint density at radius 2 is 2.36 bits per heavy atom. The molecular formula is C18H17N3O4. The van der Waals surface area contributed by atoms with E-state index in [1.807, 2.05) is 12.1 Å². The van der Waals surface area contributed by atoms with Gasteiger partial charge in [-0.15, -0.1) is 0 Å². The van der Waals surface area contributed by atoms with Crippen molar-refractivity contribution in [3.05, 3.63) is 47.3 Å². The van der Waals surface area contributed by atoms with Gasteiger partial charge in [0, 0.05) is 29.4 Å². The fraction of sp³-hybridized carbons (Fsp3) is 0.278. The molecule has 0 radical (unpaired) electrons. The van der Waals surface area contributed by atoms with E-state index in [2.05, 4.69) is 15.3 Å². The summed E-state index contributed by atoms with van der Waals surface area (Å²) in [5.74, 6) is -0.856. The summed E-state index contributed by atoms with van der Waals surface area (Å²) in [7, 11) is 0. The van der Waals surface area contributed by atoms with E-state index < -0.39 is 11.8 Å². The summed E-state index contributed by atoms with van der Waals surface area (Å²) in [6, 6.07) is 3.95. The van der Waals surface area contributed by atoms with Crippen LogP contribution in [0.1, 0.15) is 25.3 Å². The molecule has 1 saturated carbocycles. The van der Waals surface area contributed by atoms with Crippen LogP contribution in [0.3, 0.4) is 0 Å². The Morgan fingerprint density at radius 1 is 1.52 bits per heavy atom. The molecular weight excluding hydrogens is 322 g/mol. The number of carbonyl (C=O) groups excluding carboxylic acids is 2. The number of hydrogen-bond donors (Lipinski definition) is 2. The summed E-state index contributed by atoms with van der Waals surface area (Å²) < 4.78 is 10.7. The van der Waals surface area contributed by atoms with E-state index in [0.717, 1.165) is 29.4 Å². The highest BCUT2D eigenvalue weighted by atomic mass is 16.5. The number of H-pyrrole nitrogens is 1. The molecule has 0 aromatic carbocycles. The minimum atomic E-state index is -0.667. The van der Waals surface area contributed by atoms with Crippen molar-refractivity contribution in [2.75, 3.05) is 6.61 Å². The Kier molecular flexibility index (Phi) is 3.76. The van der Waals surface area contributed by atoms with Gasteiger partial charge >= 0.3 is 5.97 Å². The average molecular weight is 339 g/mol. The fourth-order valence-electron chi connectivity index (χ4n) is 2.67. The van der Waals surface area contributed by atoms with E-state index in [9.17, 15) is 9.59 Å². The molecule has 0 amide bonds. The van der Waals surface area contributed by atoms with Crippen LogP contribution in [0, 0.1) is 0 Å². The molecule has 2 aliphatic rings. The summed E-state index contributed by atoms with van der Waals surface area (Å²) >= 11 is 0. The number of Topliss-reactive ketones (excluding diaryl/α,β-unsaturated/α-hetero) is 1. The standard InChI is InChI=1S/C18H17N3O4/c1-2-24-18(23)14-15(22)13(25-17(14)21-11-5-6-11)8-10-9-20-16-12(10)4-3-7-19-16/h3-4,7-9,11,21H,2,5-6H2,1H3,(H,19,20)/b13-8-. The first-order chi connectivity index (χ1) is 12.2. The third-order valence-electron chi connectivity index (χ3n) is 4.05. The molecule has 0 bridgehead atoms. The third kappa shape index (κ3) is 2.88. The second kappa shape index (κ2) is 6.08. The molecule has 1 aliphatic carbocycles. The van der Waals surface area contributed by atoms with Crippen LogP contribution in [0.2, 0.25) is 0 Å². The quantitative estimate of drug-likeness (QED) is 0.492. The highest BCUT2D eigenvalue weighted by molar-refractivity contribution is 6.26. The van der Waals surface area contributed by atoms with Crippen LogP contribution in [-0.2, 0) is 19.1 Å².